The number of Topliss-reactive ketones (excluding diaryl/α,β-unsaturated/α-hetero) is 2. The van der Waals surface area contributed by atoms with Crippen LogP contribution >= 0.6 is 0 Å². The first-order valence-electron chi connectivity index (χ1n) is 15.7. The van der Waals surface area contributed by atoms with Crippen LogP contribution in [-0.4, -0.2) is 68.6 Å². The SMILES string of the molecule is C.CCN(c1cc(-c2ccc(CN3CCOCC3)cc2)cc(C(=O)CCC2=C(C)C=C(C)CC2=O)c1C)C1CCOCC1. The van der Waals surface area contributed by atoms with Gasteiger partial charge in [0.25, 0.3) is 0 Å². The Kier molecular flexibility index (Phi) is 11.5. The lowest BCUT2D eigenvalue weighted by Crippen LogP contribution is -2.40. The number of hydrogen-bond acceptors (Lipinski definition) is 6. The van der Waals surface area contributed by atoms with Gasteiger partial charge in [0.1, 0.15) is 0 Å². The van der Waals surface area contributed by atoms with Crippen LogP contribution in [0.5, 0.6) is 0 Å². The molecule has 2 heterocycles. The molecule has 0 atom stereocenters. The third-order valence-corrected chi connectivity index (χ3v) is 9.08. The van der Waals surface area contributed by atoms with Gasteiger partial charge in [0, 0.05) is 69.5 Å². The summed E-state index contributed by atoms with van der Waals surface area (Å²) in [5.41, 5.74) is 9.26. The van der Waals surface area contributed by atoms with Gasteiger partial charge in [-0.15, -0.1) is 0 Å². The third kappa shape index (κ3) is 7.91. The molecule has 2 fully saturated rings. The van der Waals surface area contributed by atoms with Crippen molar-refractivity contribution in [2.45, 2.75) is 79.8 Å². The highest BCUT2D eigenvalue weighted by Gasteiger charge is 2.26. The molecule has 0 unspecified atom stereocenters. The zero-order valence-electron chi connectivity index (χ0n) is 25.8. The van der Waals surface area contributed by atoms with Gasteiger partial charge in [-0.3, -0.25) is 14.5 Å². The minimum absolute atomic E-state index is 0. The second-order valence-electron chi connectivity index (χ2n) is 12.1. The number of allylic oxidation sites excluding steroid dienone is 4. The highest BCUT2D eigenvalue weighted by atomic mass is 16.5. The fourth-order valence-corrected chi connectivity index (χ4v) is 6.69. The van der Waals surface area contributed by atoms with E-state index in [2.05, 4.69) is 66.1 Å². The molecule has 0 bridgehead atoms. The van der Waals surface area contributed by atoms with Gasteiger partial charge in [-0.1, -0.05) is 43.3 Å². The van der Waals surface area contributed by atoms with Gasteiger partial charge >= 0.3 is 0 Å². The molecular weight excluding hydrogens is 536 g/mol. The van der Waals surface area contributed by atoms with Crippen molar-refractivity contribution in [2.75, 3.05) is 51.0 Å². The van der Waals surface area contributed by atoms with Crippen molar-refractivity contribution in [3.63, 3.8) is 0 Å². The highest BCUT2D eigenvalue weighted by Crippen LogP contribution is 2.35. The first-order valence-corrected chi connectivity index (χ1v) is 15.7. The van der Waals surface area contributed by atoms with Crippen LogP contribution in [-0.2, 0) is 20.8 Å². The number of carbonyl (C=O) groups excluding carboxylic acids is 2. The van der Waals surface area contributed by atoms with E-state index in [-0.39, 0.29) is 19.0 Å². The normalized spacial score (nSPS) is 18.3. The summed E-state index contributed by atoms with van der Waals surface area (Å²) in [5, 5.41) is 0. The van der Waals surface area contributed by atoms with E-state index in [1.807, 2.05) is 13.8 Å². The summed E-state index contributed by atoms with van der Waals surface area (Å²) in [5.74, 6) is 0.252. The Balaban J connectivity index is 0.00000423. The molecule has 6 heteroatoms. The highest BCUT2D eigenvalue weighted by molar-refractivity contribution is 6.03. The zero-order chi connectivity index (χ0) is 29.6. The number of rotatable bonds is 10. The molecule has 232 valence electrons. The van der Waals surface area contributed by atoms with Crippen molar-refractivity contribution in [1.82, 2.24) is 4.90 Å². The van der Waals surface area contributed by atoms with Crippen molar-refractivity contribution in [2.24, 2.45) is 0 Å². The van der Waals surface area contributed by atoms with Crippen molar-refractivity contribution in [3.05, 3.63) is 75.9 Å². The predicted octanol–water partition coefficient (Wildman–Crippen LogP) is 7.33. The van der Waals surface area contributed by atoms with Crippen LogP contribution in [0.1, 0.15) is 81.8 Å². The Morgan fingerprint density at radius 1 is 0.953 bits per heavy atom. The molecule has 2 aliphatic heterocycles. The van der Waals surface area contributed by atoms with Crippen LogP contribution in [0.25, 0.3) is 11.1 Å². The molecule has 0 N–H and O–H groups in total. The zero-order valence-corrected chi connectivity index (χ0v) is 25.8. The van der Waals surface area contributed by atoms with E-state index in [1.54, 1.807) is 0 Å². The predicted molar refractivity (Wildman–Crippen MR) is 176 cm³/mol. The van der Waals surface area contributed by atoms with Crippen molar-refractivity contribution in [1.29, 1.82) is 0 Å². The van der Waals surface area contributed by atoms with E-state index < -0.39 is 0 Å². The van der Waals surface area contributed by atoms with E-state index in [0.717, 1.165) is 110 Å². The van der Waals surface area contributed by atoms with Crippen molar-refractivity contribution in [3.8, 4) is 11.1 Å². The number of morpholine rings is 1. The number of ketones is 2. The molecule has 43 heavy (non-hydrogen) atoms. The Labute approximate surface area is 258 Å². The van der Waals surface area contributed by atoms with Crippen LogP contribution in [0, 0.1) is 6.92 Å². The van der Waals surface area contributed by atoms with E-state index in [9.17, 15) is 9.59 Å². The van der Waals surface area contributed by atoms with Crippen LogP contribution in [0.4, 0.5) is 5.69 Å². The second-order valence-corrected chi connectivity index (χ2v) is 12.1. The third-order valence-electron chi connectivity index (χ3n) is 9.08. The smallest absolute Gasteiger partial charge is 0.163 e. The lowest BCUT2D eigenvalue weighted by molar-refractivity contribution is -0.115. The van der Waals surface area contributed by atoms with E-state index in [4.69, 9.17) is 9.47 Å². The molecule has 5 rings (SSSR count). The van der Waals surface area contributed by atoms with Crippen LogP contribution in [0.3, 0.4) is 0 Å². The maximum Gasteiger partial charge on any atom is 0.163 e. The number of anilines is 1. The quantitative estimate of drug-likeness (QED) is 0.272. The summed E-state index contributed by atoms with van der Waals surface area (Å²) >= 11 is 0. The molecule has 0 amide bonds. The number of benzene rings is 2. The summed E-state index contributed by atoms with van der Waals surface area (Å²) < 4.78 is 11.2. The van der Waals surface area contributed by atoms with Crippen LogP contribution in [0.2, 0.25) is 0 Å². The van der Waals surface area contributed by atoms with Crippen molar-refractivity contribution >= 4 is 17.3 Å². The Morgan fingerprint density at radius 2 is 1.63 bits per heavy atom. The average Bonchev–Trinajstić information content (AvgIpc) is 2.99. The topological polar surface area (TPSA) is 59.1 Å². The minimum Gasteiger partial charge on any atom is -0.381 e. The molecule has 0 saturated carbocycles. The summed E-state index contributed by atoms with van der Waals surface area (Å²) in [6.45, 7) is 15.1. The Morgan fingerprint density at radius 3 is 2.28 bits per heavy atom. The molecule has 1 aliphatic carbocycles. The molecule has 2 aromatic carbocycles. The molecule has 0 spiro atoms. The standard InChI is InChI=1S/C36H46N2O4.CH4/c1-5-38(31-12-16-41-17-13-31)34-23-30(29-8-6-28(7-9-29)24-37-14-18-42-19-15-37)22-33(27(34)4)35(39)11-10-32-26(3)20-25(2)21-36(32)40;/h6-9,20,22-23,31H,5,10-19,21,24H2,1-4H3;1H4. The number of nitrogens with zero attached hydrogens (tertiary/aromatic N) is 2. The maximum atomic E-state index is 13.9. The monoisotopic (exact) mass is 586 g/mol. The second kappa shape index (κ2) is 15.1. The fraction of sp³-hybridized carbons (Fsp3) is 0.514. The summed E-state index contributed by atoms with van der Waals surface area (Å²) in [7, 11) is 0. The van der Waals surface area contributed by atoms with Gasteiger partial charge in [0.05, 0.1) is 13.2 Å². The van der Waals surface area contributed by atoms with Gasteiger partial charge < -0.3 is 14.4 Å². The maximum absolute atomic E-state index is 13.9. The number of ether oxygens (including phenoxy) is 2. The largest absolute Gasteiger partial charge is 0.381 e. The molecule has 0 aromatic heterocycles. The van der Waals surface area contributed by atoms with Gasteiger partial charge in [-0.05, 0) is 92.5 Å². The molecular formula is C37H50N2O4. The number of carbonyl (C=O) groups is 2. The lowest BCUT2D eigenvalue weighted by atomic mass is 9.87. The van der Waals surface area contributed by atoms with Gasteiger partial charge in [0.15, 0.2) is 11.6 Å². The minimum atomic E-state index is 0. The van der Waals surface area contributed by atoms with Crippen LogP contribution in [0.15, 0.2) is 59.2 Å². The molecule has 0 radical (unpaired) electrons. The lowest BCUT2D eigenvalue weighted by Gasteiger charge is -2.37. The Hall–Kier alpha value is -3.06. The van der Waals surface area contributed by atoms with Crippen molar-refractivity contribution < 1.29 is 19.1 Å². The molecule has 3 aliphatic rings. The van der Waals surface area contributed by atoms with Crippen LogP contribution < -0.4 is 4.90 Å². The summed E-state index contributed by atoms with van der Waals surface area (Å²) in [4.78, 5) is 31.5. The van der Waals surface area contributed by atoms with E-state index >= 15 is 0 Å². The molecule has 2 aromatic rings. The number of hydrogen-bond donors (Lipinski definition) is 0. The van der Waals surface area contributed by atoms with E-state index in [1.165, 1.54) is 5.56 Å². The molecule has 2 saturated heterocycles. The van der Waals surface area contributed by atoms with E-state index in [0.29, 0.717) is 25.3 Å². The first kappa shape index (κ1) is 32.8. The molecule has 6 nitrogen and oxygen atoms in total. The Bertz CT molecular complexity index is 1350. The fourth-order valence-electron chi connectivity index (χ4n) is 6.69. The summed E-state index contributed by atoms with van der Waals surface area (Å²) in [6, 6.07) is 13.5. The summed E-state index contributed by atoms with van der Waals surface area (Å²) in [6.07, 6.45) is 5.33. The average molecular weight is 587 g/mol. The first-order chi connectivity index (χ1) is 20.3. The van der Waals surface area contributed by atoms with Gasteiger partial charge in [0.2, 0.25) is 0 Å². The van der Waals surface area contributed by atoms with Gasteiger partial charge in [-0.2, -0.15) is 0 Å². The van der Waals surface area contributed by atoms with Gasteiger partial charge in [-0.25, -0.2) is 0 Å².